The largest absolute Gasteiger partial charge is 0.396 e. The fourth-order valence-electron chi connectivity index (χ4n) is 4.60. The highest BCUT2D eigenvalue weighted by Gasteiger charge is 2.43. The van der Waals surface area contributed by atoms with Gasteiger partial charge in [-0.3, -0.25) is 9.59 Å². The van der Waals surface area contributed by atoms with Gasteiger partial charge in [-0.1, -0.05) is 12.1 Å². The average Bonchev–Trinajstić information content (AvgIpc) is 3.04. The summed E-state index contributed by atoms with van der Waals surface area (Å²) in [5, 5.41) is 9.41. The van der Waals surface area contributed by atoms with Gasteiger partial charge in [-0.25, -0.2) is 0 Å². The highest BCUT2D eigenvalue weighted by atomic mass is 16.3. The fourth-order valence-corrected chi connectivity index (χ4v) is 4.60. The van der Waals surface area contributed by atoms with Crippen LogP contribution in [0, 0.1) is 5.92 Å². The number of ketones is 1. The normalized spacial score (nSPS) is 29.8. The van der Waals surface area contributed by atoms with Crippen molar-refractivity contribution in [1.82, 2.24) is 4.90 Å². The lowest BCUT2D eigenvalue weighted by Crippen LogP contribution is -2.47. The molecule has 2 aliphatic heterocycles. The Hall–Kier alpha value is -1.68. The van der Waals surface area contributed by atoms with Gasteiger partial charge in [0.25, 0.3) is 5.91 Å². The second kappa shape index (κ2) is 5.20. The molecule has 1 amide bonds. The summed E-state index contributed by atoms with van der Waals surface area (Å²) in [6.45, 7) is 0.226. The molecule has 1 N–H and O–H groups in total. The SMILES string of the molecule is O=C1CCc2c1cccc2C(=O)N1[C@@H]2CC[C@H]1CC(CO)C2. The molecule has 0 radical (unpaired) electrons. The minimum Gasteiger partial charge on any atom is -0.396 e. The molecule has 1 unspecified atom stereocenters. The monoisotopic (exact) mass is 299 g/mol. The lowest BCUT2D eigenvalue weighted by Gasteiger charge is -2.38. The molecule has 4 heteroatoms. The summed E-state index contributed by atoms with van der Waals surface area (Å²) in [6, 6.07) is 6.07. The molecule has 1 aromatic rings. The number of carbonyl (C=O) groups excluding carboxylic acids is 2. The van der Waals surface area contributed by atoms with Gasteiger partial charge in [0.05, 0.1) is 0 Å². The van der Waals surface area contributed by atoms with Crippen LogP contribution in [0.5, 0.6) is 0 Å². The van der Waals surface area contributed by atoms with Gasteiger partial charge < -0.3 is 10.0 Å². The zero-order chi connectivity index (χ0) is 15.3. The van der Waals surface area contributed by atoms with E-state index in [2.05, 4.69) is 0 Å². The topological polar surface area (TPSA) is 57.6 Å². The number of rotatable bonds is 2. The van der Waals surface area contributed by atoms with Crippen molar-refractivity contribution in [3.05, 3.63) is 34.9 Å². The Morgan fingerprint density at radius 1 is 1.18 bits per heavy atom. The van der Waals surface area contributed by atoms with E-state index in [1.54, 1.807) is 0 Å². The molecular formula is C18H21NO3. The predicted octanol–water partition coefficient (Wildman–Crippen LogP) is 2.19. The van der Waals surface area contributed by atoms with Crippen LogP contribution < -0.4 is 0 Å². The zero-order valence-electron chi connectivity index (χ0n) is 12.6. The van der Waals surface area contributed by atoms with Crippen molar-refractivity contribution in [2.45, 2.75) is 50.6 Å². The van der Waals surface area contributed by atoms with Crippen LogP contribution in [0.3, 0.4) is 0 Å². The van der Waals surface area contributed by atoms with Crippen molar-refractivity contribution in [1.29, 1.82) is 0 Å². The van der Waals surface area contributed by atoms with E-state index >= 15 is 0 Å². The van der Waals surface area contributed by atoms with Gasteiger partial charge in [-0.15, -0.1) is 0 Å². The molecular weight excluding hydrogens is 278 g/mol. The summed E-state index contributed by atoms with van der Waals surface area (Å²) >= 11 is 0. The maximum absolute atomic E-state index is 13.1. The third-order valence-corrected chi connectivity index (χ3v) is 5.63. The number of fused-ring (bicyclic) bond motifs is 3. The van der Waals surface area contributed by atoms with E-state index in [0.717, 1.165) is 42.4 Å². The second-order valence-electron chi connectivity index (χ2n) is 6.87. The standard InChI is InChI=1S/C18H21NO3/c20-10-11-8-12-4-5-13(9-11)19(12)18(22)16-3-1-2-15-14(16)6-7-17(15)21/h1-3,11-13,20H,4-10H2/t11?,12-,13+. The number of amides is 1. The molecule has 3 aliphatic rings. The van der Waals surface area contributed by atoms with Crippen molar-refractivity contribution in [2.24, 2.45) is 5.92 Å². The Labute approximate surface area is 130 Å². The first-order valence-electron chi connectivity index (χ1n) is 8.27. The molecule has 3 atom stereocenters. The molecule has 1 aromatic carbocycles. The Kier molecular flexibility index (Phi) is 3.30. The minimum absolute atomic E-state index is 0.0930. The van der Waals surface area contributed by atoms with Gasteiger partial charge in [-0.2, -0.15) is 0 Å². The van der Waals surface area contributed by atoms with E-state index in [4.69, 9.17) is 0 Å². The first-order valence-corrected chi connectivity index (χ1v) is 8.27. The molecule has 1 aliphatic carbocycles. The van der Waals surface area contributed by atoms with Crippen LogP contribution in [0.1, 0.15) is 58.4 Å². The fraction of sp³-hybridized carbons (Fsp3) is 0.556. The molecule has 22 heavy (non-hydrogen) atoms. The van der Waals surface area contributed by atoms with Crippen molar-refractivity contribution in [3.63, 3.8) is 0 Å². The van der Waals surface area contributed by atoms with E-state index in [1.165, 1.54) is 0 Å². The summed E-state index contributed by atoms with van der Waals surface area (Å²) in [4.78, 5) is 27.0. The summed E-state index contributed by atoms with van der Waals surface area (Å²) < 4.78 is 0. The first-order chi connectivity index (χ1) is 10.7. The summed E-state index contributed by atoms with van der Waals surface area (Å²) in [7, 11) is 0. The molecule has 0 saturated carbocycles. The third kappa shape index (κ3) is 2.01. The molecule has 2 saturated heterocycles. The van der Waals surface area contributed by atoms with Gasteiger partial charge in [0, 0.05) is 36.2 Å². The highest BCUT2D eigenvalue weighted by molar-refractivity contribution is 6.05. The van der Waals surface area contributed by atoms with Crippen LogP contribution in [0.4, 0.5) is 0 Å². The molecule has 2 bridgehead atoms. The van der Waals surface area contributed by atoms with Crippen LogP contribution in [-0.4, -0.2) is 40.4 Å². The summed E-state index contributed by atoms with van der Waals surface area (Å²) in [5.74, 6) is 0.590. The average molecular weight is 299 g/mol. The van der Waals surface area contributed by atoms with E-state index in [-0.39, 0.29) is 30.4 Å². The maximum atomic E-state index is 13.1. The van der Waals surface area contributed by atoms with Gasteiger partial charge in [0.2, 0.25) is 0 Å². The van der Waals surface area contributed by atoms with Crippen LogP contribution in [0.15, 0.2) is 18.2 Å². The lowest BCUT2D eigenvalue weighted by atomic mass is 9.90. The van der Waals surface area contributed by atoms with E-state index in [1.807, 2.05) is 23.1 Å². The second-order valence-corrected chi connectivity index (χ2v) is 6.87. The van der Waals surface area contributed by atoms with Gasteiger partial charge >= 0.3 is 0 Å². The zero-order valence-corrected chi connectivity index (χ0v) is 12.6. The Morgan fingerprint density at radius 3 is 2.59 bits per heavy atom. The number of hydrogen-bond acceptors (Lipinski definition) is 3. The van der Waals surface area contributed by atoms with Crippen LogP contribution in [-0.2, 0) is 6.42 Å². The van der Waals surface area contributed by atoms with Gasteiger partial charge in [0.15, 0.2) is 5.78 Å². The Balaban J connectivity index is 1.65. The van der Waals surface area contributed by atoms with Crippen molar-refractivity contribution in [2.75, 3.05) is 6.61 Å². The molecule has 4 rings (SSSR count). The highest BCUT2D eigenvalue weighted by Crippen LogP contribution is 2.40. The van der Waals surface area contributed by atoms with Crippen LogP contribution in [0.25, 0.3) is 0 Å². The number of Topliss-reactive ketones (excluding diaryl/α,β-unsaturated/α-hetero) is 1. The van der Waals surface area contributed by atoms with Gasteiger partial charge in [-0.05, 0) is 49.7 Å². The lowest BCUT2D eigenvalue weighted by molar-refractivity contribution is 0.0452. The number of benzene rings is 1. The van der Waals surface area contributed by atoms with Gasteiger partial charge in [0.1, 0.15) is 0 Å². The third-order valence-electron chi connectivity index (χ3n) is 5.63. The van der Waals surface area contributed by atoms with Crippen molar-refractivity contribution >= 4 is 11.7 Å². The number of piperidine rings is 1. The quantitative estimate of drug-likeness (QED) is 0.910. The smallest absolute Gasteiger partial charge is 0.254 e. The summed E-state index contributed by atoms with van der Waals surface area (Å²) in [5.41, 5.74) is 2.41. The number of hydrogen-bond donors (Lipinski definition) is 1. The van der Waals surface area contributed by atoms with Crippen molar-refractivity contribution < 1.29 is 14.7 Å². The van der Waals surface area contributed by atoms with Crippen LogP contribution in [0.2, 0.25) is 0 Å². The number of aliphatic hydroxyl groups excluding tert-OH is 1. The molecule has 116 valence electrons. The number of nitrogens with zero attached hydrogens (tertiary/aromatic N) is 1. The molecule has 4 nitrogen and oxygen atoms in total. The number of aliphatic hydroxyl groups is 1. The Morgan fingerprint density at radius 2 is 1.91 bits per heavy atom. The predicted molar refractivity (Wildman–Crippen MR) is 81.9 cm³/mol. The number of carbonyl (C=O) groups is 2. The molecule has 0 spiro atoms. The van der Waals surface area contributed by atoms with E-state index < -0.39 is 0 Å². The molecule has 2 fully saturated rings. The minimum atomic E-state index is 0.0930. The van der Waals surface area contributed by atoms with Crippen LogP contribution >= 0.6 is 0 Å². The maximum Gasteiger partial charge on any atom is 0.254 e. The Bertz CT molecular complexity index is 625. The van der Waals surface area contributed by atoms with Crippen molar-refractivity contribution in [3.8, 4) is 0 Å². The summed E-state index contributed by atoms with van der Waals surface area (Å²) in [6.07, 6.45) is 5.12. The first kappa shape index (κ1) is 13.9. The molecule has 2 heterocycles. The molecule has 0 aromatic heterocycles. The van der Waals surface area contributed by atoms with E-state index in [9.17, 15) is 14.7 Å². The van der Waals surface area contributed by atoms with E-state index in [0.29, 0.717) is 18.8 Å².